The number of nitrogens with zero attached hydrogens (tertiary/aromatic N) is 9. The van der Waals surface area contributed by atoms with Gasteiger partial charge in [0.05, 0.1) is 20.7 Å². The quantitative estimate of drug-likeness (QED) is 0.0759. The Kier molecular flexibility index (Phi) is 23.8. The van der Waals surface area contributed by atoms with E-state index < -0.39 is 47.3 Å². The van der Waals surface area contributed by atoms with Crippen molar-refractivity contribution < 1.29 is 43.7 Å². The molecule has 6 fully saturated rings. The average Bonchev–Trinajstić information content (AvgIpc) is 1.60. The molecular weight excluding hydrogens is 1630 g/mol. The molecule has 3 saturated heterocycles. The van der Waals surface area contributed by atoms with Gasteiger partial charge in [0.25, 0.3) is 39.6 Å². The smallest absolute Gasteiger partial charge is 0.323 e. The highest BCUT2D eigenvalue weighted by Crippen LogP contribution is 2.54. The zero-order valence-corrected chi connectivity index (χ0v) is 71.5. The molecule has 21 nitrogen and oxygen atoms in total. The van der Waals surface area contributed by atoms with Gasteiger partial charge in [-0.1, -0.05) is 153 Å². The number of hydrogen-bond acceptors (Lipinski definition) is 21. The topological polar surface area (TPSA) is 238 Å². The fourth-order valence-corrected chi connectivity index (χ4v) is 25.5. The van der Waals surface area contributed by atoms with Crippen LogP contribution in [0.2, 0.25) is 0 Å². The van der Waals surface area contributed by atoms with E-state index in [0.29, 0.717) is 96.9 Å². The van der Waals surface area contributed by atoms with Crippen LogP contribution in [0.25, 0.3) is 32.9 Å². The predicted molar refractivity (Wildman–Crippen MR) is 476 cm³/mol. The van der Waals surface area contributed by atoms with E-state index in [2.05, 4.69) is 118 Å². The van der Waals surface area contributed by atoms with Gasteiger partial charge in [-0.2, -0.15) is 0 Å². The fraction of sp³-hybridized carbons (Fsp3) is 0.330. The van der Waals surface area contributed by atoms with Crippen molar-refractivity contribution in [2.45, 2.75) is 161 Å². The van der Waals surface area contributed by atoms with Crippen LogP contribution < -0.4 is 63.7 Å². The fourth-order valence-electron chi connectivity index (χ4n) is 18.1. The Hall–Kier alpha value is -9.72. The van der Waals surface area contributed by atoms with E-state index >= 15 is 0 Å². The molecule has 6 unspecified atom stereocenters. The Labute approximate surface area is 709 Å². The Bertz CT molecular complexity index is 5920. The van der Waals surface area contributed by atoms with Crippen molar-refractivity contribution in [1.82, 2.24) is 28.4 Å². The van der Waals surface area contributed by atoms with Crippen LogP contribution in [0, 0.1) is 0 Å². The molecule has 0 spiro atoms. The van der Waals surface area contributed by atoms with Gasteiger partial charge in [-0.3, -0.25) is 71.6 Å². The van der Waals surface area contributed by atoms with E-state index in [0.717, 1.165) is 117 Å². The monoisotopic (exact) mass is 1720 g/mol. The maximum Gasteiger partial charge on any atom is 0.323 e. The number of thiazole rings is 3. The average molecular weight is 1720 g/mol. The summed E-state index contributed by atoms with van der Waals surface area (Å²) >= 11 is 17.6. The highest BCUT2D eigenvalue weighted by Gasteiger charge is 2.46. The van der Waals surface area contributed by atoms with Gasteiger partial charge >= 0.3 is 11.9 Å². The Morgan fingerprint density at radius 1 is 0.462 bits per heavy atom. The van der Waals surface area contributed by atoms with Crippen LogP contribution in [0.1, 0.15) is 154 Å². The third-order valence-corrected chi connectivity index (χ3v) is 30.9. The molecule has 3 saturated carbocycles. The molecule has 3 aliphatic carbocycles. The first kappa shape index (κ1) is 81.0. The Morgan fingerprint density at radius 3 is 1.29 bits per heavy atom. The minimum atomic E-state index is -1.19. The maximum atomic E-state index is 13.4. The molecule has 117 heavy (non-hydrogen) atoms. The number of anilines is 4. The van der Waals surface area contributed by atoms with E-state index in [4.69, 9.17) is 29.2 Å². The molecule has 6 aliphatic heterocycles. The summed E-state index contributed by atoms with van der Waals surface area (Å²) in [5.74, 6) is -0.976. The van der Waals surface area contributed by atoms with Gasteiger partial charge < -0.3 is 29.6 Å². The molecular formula is C88H85N9O12S8. The lowest BCUT2D eigenvalue weighted by Gasteiger charge is -2.27. The van der Waals surface area contributed by atoms with Crippen molar-refractivity contribution in [3.8, 4) is 5.75 Å². The Morgan fingerprint density at radius 2 is 0.863 bits per heavy atom. The molecule has 0 radical (unpaired) electrons. The molecule has 9 aliphatic rings. The maximum absolute atomic E-state index is 13.4. The highest BCUT2D eigenvalue weighted by atomic mass is 32.2. The first-order valence-electron chi connectivity index (χ1n) is 39.5. The van der Waals surface area contributed by atoms with Crippen LogP contribution in [0.4, 0.5) is 27.5 Å². The number of hydrogen-bond donors (Lipinski definition) is 2. The number of thiocarbonyl (C=S) groups is 2. The molecule has 6 aromatic carbocycles. The van der Waals surface area contributed by atoms with Gasteiger partial charge in [0.1, 0.15) is 56.2 Å². The van der Waals surface area contributed by atoms with Crippen molar-refractivity contribution in [1.29, 1.82) is 0 Å². The molecule has 6 atom stereocenters. The summed E-state index contributed by atoms with van der Waals surface area (Å²) in [5, 5.41) is 18.5. The number of imide groups is 1. The first-order valence-corrected chi connectivity index (χ1v) is 45.2. The number of aromatic nitrogens is 3. The summed E-state index contributed by atoms with van der Waals surface area (Å²) in [5.41, 5.74) is 13.2. The van der Waals surface area contributed by atoms with E-state index in [-0.39, 0.29) is 33.5 Å². The zero-order chi connectivity index (χ0) is 81.8. The molecule has 9 aromatic rings. The molecule has 2 N–H and O–H groups in total. The SMILES string of the molecule is CCCN1C(=O)/C(=c2\s/c(=C/c3ccc4c(c3)C3CCCC3N4c3ccc(OC)cc3)c(=O)n2CC)SC1=S.CCN1C(=O)/C(=c2\s/c(=C/c3ccc4c(c3)C3CCCC3N4Cc3ccccc3)c(=O)n2CC(=O)O)SC1=S.CCN1C(=O)S/C(=c2/s/c(=C/c3ccc4c(c3)C3CCCC3N4Cc3ccccc3)c(=O)n2CC(=O)O)C1=O. The van der Waals surface area contributed by atoms with Gasteiger partial charge in [-0.25, -0.2) is 0 Å². The molecule has 0 bridgehead atoms. The summed E-state index contributed by atoms with van der Waals surface area (Å²) in [7, 11) is 1.69. The first-order chi connectivity index (χ1) is 56.6. The number of aliphatic carboxylic acids is 2. The summed E-state index contributed by atoms with van der Waals surface area (Å²) in [4.78, 5) is 127. The minimum Gasteiger partial charge on any atom is -0.497 e. The summed E-state index contributed by atoms with van der Waals surface area (Å²) in [6.07, 6.45) is 16.9. The lowest BCUT2D eigenvalue weighted by molar-refractivity contribution is -0.138. The van der Waals surface area contributed by atoms with Crippen molar-refractivity contribution in [2.75, 3.05) is 41.4 Å². The van der Waals surface area contributed by atoms with E-state index in [1.54, 1.807) is 29.6 Å². The Balaban J connectivity index is 0.000000131. The van der Waals surface area contributed by atoms with E-state index in [1.807, 2.05) is 69.3 Å². The van der Waals surface area contributed by atoms with Crippen molar-refractivity contribution in [2.24, 2.45) is 0 Å². The number of rotatable bonds is 18. The molecule has 3 aromatic heterocycles. The molecule has 4 amide bonds. The van der Waals surface area contributed by atoms with Crippen molar-refractivity contribution in [3.63, 3.8) is 0 Å². The molecule has 29 heteroatoms. The van der Waals surface area contributed by atoms with Crippen LogP contribution >= 0.6 is 93.7 Å². The number of methoxy groups -OCH3 is 1. The van der Waals surface area contributed by atoms with E-state index in [9.17, 15) is 53.4 Å². The van der Waals surface area contributed by atoms with Crippen LogP contribution in [0.3, 0.4) is 0 Å². The number of carboxylic acids is 2. The highest BCUT2D eigenvalue weighted by molar-refractivity contribution is 8.30. The minimum absolute atomic E-state index is 0.0580. The normalized spacial score (nSPS) is 22.1. The van der Waals surface area contributed by atoms with E-state index in [1.165, 1.54) is 122 Å². The molecule has 18 rings (SSSR count). The lowest BCUT2D eigenvalue weighted by atomic mass is 9.96. The standard InChI is InChI=1S/C30H31N3O3S3.C29H27N3O5S2.C29H27N3O4S3/c1-4-15-32-28(35)26(39-30(32)37)29-31(5-2)27(34)25(38-29)17-18-9-14-24-22(16-18)21-7-6-8-23(21)33(24)19-10-12-20(36-3)13-11-19;2*1-2-30-27(36)25(39-29(30)37)28-32(16-24(33)34)26(35)23(38-28)14-18-11-12-22-20(13-18)19-9-6-10-21(19)31(22)15-17-7-4-3-5-8-17/h9-14,16-17,21,23H,4-8,15H2,1-3H3;2*3-5,7-8,11-14,19,21H,2,6,9-10,15-16H2,1H3,(H,33,34)/b25-17+,29-26+;2*23-14+,28-25+. The molecule has 9 heterocycles. The van der Waals surface area contributed by atoms with Gasteiger partial charge in [-0.05, 0) is 201 Å². The van der Waals surface area contributed by atoms with Crippen molar-refractivity contribution >= 4 is 193 Å². The van der Waals surface area contributed by atoms with Crippen LogP contribution in [0.15, 0.2) is 154 Å². The number of benzene rings is 6. The zero-order valence-electron chi connectivity index (χ0n) is 65.0. The van der Waals surface area contributed by atoms with Gasteiger partial charge in [-0.15, -0.1) is 34.0 Å². The largest absolute Gasteiger partial charge is 0.497 e. The van der Waals surface area contributed by atoms with Crippen LogP contribution in [0.5, 0.6) is 5.75 Å². The van der Waals surface area contributed by atoms with Gasteiger partial charge in [0.15, 0.2) is 0 Å². The third kappa shape index (κ3) is 15.6. The summed E-state index contributed by atoms with van der Waals surface area (Å²) in [6, 6.07) is 49.8. The number of carbonyl (C=O) groups excluding carboxylic acids is 4. The van der Waals surface area contributed by atoms with Gasteiger partial charge in [0.2, 0.25) is 0 Å². The second-order valence-electron chi connectivity index (χ2n) is 30.1. The lowest BCUT2D eigenvalue weighted by Crippen LogP contribution is -2.35. The number of ether oxygens (including phenoxy) is 1. The second-order valence-corrected chi connectivity index (χ2v) is 37.4. The predicted octanol–water partition coefficient (Wildman–Crippen LogP) is 11.7. The number of amides is 4. The summed E-state index contributed by atoms with van der Waals surface area (Å²) < 4.78 is 12.9. The molecule has 602 valence electrons. The number of fused-ring (bicyclic) bond motifs is 9. The third-order valence-electron chi connectivity index (χ3n) is 23.3. The van der Waals surface area contributed by atoms with Crippen LogP contribution in [-0.2, 0) is 56.7 Å². The number of thioether (sulfide) groups is 3. The summed E-state index contributed by atoms with van der Waals surface area (Å²) in [6.45, 7) is 9.83. The number of carbonyl (C=O) groups is 6. The van der Waals surface area contributed by atoms with Crippen LogP contribution in [-0.4, -0.2) is 127 Å². The van der Waals surface area contributed by atoms with Crippen molar-refractivity contribution in [3.05, 3.63) is 243 Å². The second kappa shape index (κ2) is 34.3. The van der Waals surface area contributed by atoms with Gasteiger partial charge in [0, 0.05) is 97.9 Å². The number of carboxylic acid groups (broad SMARTS) is 2.